The fraction of sp³-hybridized carbons (Fsp3) is 0.400. The van der Waals surface area contributed by atoms with Crippen molar-refractivity contribution in [1.29, 1.82) is 0 Å². The summed E-state index contributed by atoms with van der Waals surface area (Å²) in [5, 5.41) is 6.11. The van der Waals surface area contributed by atoms with Crippen molar-refractivity contribution < 1.29 is 14.3 Å². The van der Waals surface area contributed by atoms with E-state index in [4.69, 9.17) is 16.3 Å². The Morgan fingerprint density at radius 3 is 2.76 bits per heavy atom. The Morgan fingerprint density at radius 2 is 2.07 bits per heavy atom. The average molecular weight is 435 g/mol. The van der Waals surface area contributed by atoms with Crippen molar-refractivity contribution in [3.05, 3.63) is 41.4 Å². The van der Waals surface area contributed by atoms with Gasteiger partial charge in [-0.25, -0.2) is 9.97 Å². The van der Waals surface area contributed by atoms with Crippen molar-refractivity contribution in [2.45, 2.75) is 31.9 Å². The summed E-state index contributed by atoms with van der Waals surface area (Å²) in [5.74, 6) is 1.00. The molecule has 0 saturated heterocycles. The number of nitrogens with zero attached hydrogens (tertiary/aromatic N) is 2. The first-order valence-electron chi connectivity index (χ1n) is 9.26. The van der Waals surface area contributed by atoms with Crippen LogP contribution in [0, 0.1) is 0 Å². The molecule has 2 heterocycles. The Hall–Kier alpha value is -2.32. The number of amides is 2. The van der Waals surface area contributed by atoms with E-state index >= 15 is 0 Å². The second-order valence-corrected chi connectivity index (χ2v) is 8.19. The average Bonchev–Trinajstić information content (AvgIpc) is 3.13. The highest BCUT2D eigenvalue weighted by Crippen LogP contribution is 2.39. The number of carbonyl (C=O) groups is 2. The smallest absolute Gasteiger partial charge is 0.242 e. The minimum Gasteiger partial charge on any atom is -0.486 e. The second-order valence-electron chi connectivity index (χ2n) is 6.80. The van der Waals surface area contributed by atoms with Crippen LogP contribution in [0.2, 0.25) is 5.02 Å². The van der Waals surface area contributed by atoms with Crippen LogP contribution in [-0.2, 0) is 16.0 Å². The van der Waals surface area contributed by atoms with Gasteiger partial charge in [-0.1, -0.05) is 11.6 Å². The molecule has 0 unspecified atom stereocenters. The summed E-state index contributed by atoms with van der Waals surface area (Å²) in [5.41, 5.74) is 2.78. The van der Waals surface area contributed by atoms with Crippen LogP contribution in [0.4, 0.5) is 0 Å². The van der Waals surface area contributed by atoms with Gasteiger partial charge in [0.15, 0.2) is 0 Å². The van der Waals surface area contributed by atoms with Crippen LogP contribution in [-0.4, -0.2) is 52.5 Å². The summed E-state index contributed by atoms with van der Waals surface area (Å²) in [7, 11) is 0. The molecule has 1 aromatic carbocycles. The summed E-state index contributed by atoms with van der Waals surface area (Å²) in [6.07, 6.45) is 7.90. The van der Waals surface area contributed by atoms with E-state index in [2.05, 4.69) is 20.6 Å². The van der Waals surface area contributed by atoms with E-state index in [1.807, 2.05) is 18.4 Å². The number of fused-ring (bicyclic) bond motifs is 1. The highest BCUT2D eigenvalue weighted by molar-refractivity contribution is 7.98. The fourth-order valence-electron chi connectivity index (χ4n) is 3.20. The number of aromatic nitrogens is 2. The fourth-order valence-corrected chi connectivity index (χ4v) is 3.96. The highest BCUT2D eigenvalue weighted by atomic mass is 35.5. The molecule has 1 aliphatic heterocycles. The lowest BCUT2D eigenvalue weighted by atomic mass is 10.0. The number of nitrogens with one attached hydrogen (secondary N) is 2. The first-order chi connectivity index (χ1) is 14.0. The van der Waals surface area contributed by atoms with Gasteiger partial charge in [-0.3, -0.25) is 9.59 Å². The van der Waals surface area contributed by atoms with Crippen LogP contribution < -0.4 is 15.4 Å². The van der Waals surface area contributed by atoms with Gasteiger partial charge in [0, 0.05) is 36.9 Å². The van der Waals surface area contributed by atoms with Gasteiger partial charge in [0.2, 0.25) is 11.8 Å². The van der Waals surface area contributed by atoms with E-state index in [0.29, 0.717) is 30.2 Å². The predicted molar refractivity (Wildman–Crippen MR) is 114 cm³/mol. The van der Waals surface area contributed by atoms with E-state index in [0.717, 1.165) is 22.4 Å². The molecule has 0 aliphatic carbocycles. The lowest BCUT2D eigenvalue weighted by molar-refractivity contribution is -0.128. The molecule has 1 aliphatic rings. The van der Waals surface area contributed by atoms with E-state index in [-0.39, 0.29) is 17.9 Å². The molecule has 2 amide bonds. The number of thioether (sulfide) groups is 1. The normalized spacial score (nSPS) is 15.9. The molecule has 3 rings (SSSR count). The van der Waals surface area contributed by atoms with E-state index < -0.39 is 6.04 Å². The first-order valence-corrected chi connectivity index (χ1v) is 11.0. The Morgan fingerprint density at radius 1 is 1.31 bits per heavy atom. The minimum atomic E-state index is -0.544. The van der Waals surface area contributed by atoms with Gasteiger partial charge >= 0.3 is 0 Å². The molecule has 29 heavy (non-hydrogen) atoms. The quantitative estimate of drug-likeness (QED) is 0.663. The number of rotatable bonds is 8. The zero-order chi connectivity index (χ0) is 20.8. The van der Waals surface area contributed by atoms with Crippen molar-refractivity contribution in [1.82, 2.24) is 20.6 Å². The molecule has 0 spiro atoms. The van der Waals surface area contributed by atoms with Crippen molar-refractivity contribution >= 4 is 35.2 Å². The van der Waals surface area contributed by atoms with Crippen LogP contribution in [0.5, 0.6) is 5.75 Å². The zero-order valence-corrected chi connectivity index (χ0v) is 17.8. The third-order valence-electron chi connectivity index (χ3n) is 4.56. The number of hydrogen-bond donors (Lipinski definition) is 2. The van der Waals surface area contributed by atoms with Gasteiger partial charge < -0.3 is 15.4 Å². The molecule has 1 aromatic heterocycles. The molecule has 0 radical (unpaired) electrons. The van der Waals surface area contributed by atoms with Crippen molar-refractivity contribution in [3.8, 4) is 16.9 Å². The molecule has 2 atom stereocenters. The van der Waals surface area contributed by atoms with Crippen molar-refractivity contribution in [2.75, 3.05) is 18.6 Å². The Balaban J connectivity index is 1.62. The van der Waals surface area contributed by atoms with Gasteiger partial charge in [-0.2, -0.15) is 11.8 Å². The third kappa shape index (κ3) is 5.61. The van der Waals surface area contributed by atoms with Gasteiger partial charge in [-0.15, -0.1) is 0 Å². The topological polar surface area (TPSA) is 93.2 Å². The molecule has 0 fully saturated rings. The number of hydrogen-bond acceptors (Lipinski definition) is 6. The van der Waals surface area contributed by atoms with Gasteiger partial charge in [0.1, 0.15) is 24.2 Å². The lowest BCUT2D eigenvalue weighted by Gasteiger charge is -2.19. The van der Waals surface area contributed by atoms with Crippen molar-refractivity contribution in [3.63, 3.8) is 0 Å². The van der Waals surface area contributed by atoms with Crippen LogP contribution >= 0.6 is 23.4 Å². The van der Waals surface area contributed by atoms with Crippen LogP contribution in [0.25, 0.3) is 11.1 Å². The summed E-state index contributed by atoms with van der Waals surface area (Å²) in [4.78, 5) is 31.9. The zero-order valence-electron chi connectivity index (χ0n) is 16.3. The molecular formula is C20H23ClN4O3S. The molecule has 0 saturated carbocycles. The largest absolute Gasteiger partial charge is 0.486 e. The van der Waals surface area contributed by atoms with Gasteiger partial charge in [0.05, 0.1) is 11.6 Å². The summed E-state index contributed by atoms with van der Waals surface area (Å²) in [6, 6.07) is 3.30. The van der Waals surface area contributed by atoms with Crippen molar-refractivity contribution in [2.24, 2.45) is 0 Å². The molecular weight excluding hydrogens is 412 g/mol. The Kier molecular flexibility index (Phi) is 7.33. The SMILES string of the molecule is CSCC[C@H](NC(C)=O)C(=O)NC[C@@H]1Cc2cc(-c3cncnc3)cc(Cl)c2O1. The number of halogens is 1. The Bertz CT molecular complexity index is 882. The van der Waals surface area contributed by atoms with Crippen LogP contribution in [0.3, 0.4) is 0 Å². The highest BCUT2D eigenvalue weighted by Gasteiger charge is 2.27. The lowest BCUT2D eigenvalue weighted by Crippen LogP contribution is -2.48. The third-order valence-corrected chi connectivity index (χ3v) is 5.48. The van der Waals surface area contributed by atoms with E-state index in [1.165, 1.54) is 13.3 Å². The van der Waals surface area contributed by atoms with Crippen LogP contribution in [0.15, 0.2) is 30.9 Å². The number of benzene rings is 1. The molecule has 9 heteroatoms. The molecule has 0 bridgehead atoms. The monoisotopic (exact) mass is 434 g/mol. The summed E-state index contributed by atoms with van der Waals surface area (Å²) >= 11 is 8.05. The molecule has 154 valence electrons. The molecule has 2 N–H and O–H groups in total. The second kappa shape index (κ2) is 9.93. The summed E-state index contributed by atoms with van der Waals surface area (Å²) < 4.78 is 5.95. The maximum absolute atomic E-state index is 12.5. The first kappa shape index (κ1) is 21.4. The number of carbonyl (C=O) groups excluding carboxylic acids is 2. The van der Waals surface area contributed by atoms with E-state index in [1.54, 1.807) is 24.2 Å². The minimum absolute atomic E-state index is 0.206. The van der Waals surface area contributed by atoms with Crippen LogP contribution in [0.1, 0.15) is 18.9 Å². The molecule has 2 aromatic rings. The standard InChI is InChI=1S/C20H23ClN4O3S/c1-12(26)25-18(3-4-29-2)20(27)24-10-16-6-14-5-13(7-17(21)19(14)28-16)15-8-22-11-23-9-15/h5,7-9,11,16,18H,3-4,6,10H2,1-2H3,(H,24,27)(H,25,26)/t16-,18-/m0/s1. The van der Waals surface area contributed by atoms with Gasteiger partial charge in [0.25, 0.3) is 0 Å². The molecule has 7 nitrogen and oxygen atoms in total. The van der Waals surface area contributed by atoms with E-state index in [9.17, 15) is 9.59 Å². The Labute approximate surface area is 179 Å². The summed E-state index contributed by atoms with van der Waals surface area (Å²) in [6.45, 7) is 1.75. The predicted octanol–water partition coefficient (Wildman–Crippen LogP) is 2.47. The maximum atomic E-state index is 12.5. The van der Waals surface area contributed by atoms with Gasteiger partial charge in [-0.05, 0) is 36.1 Å². The number of ether oxygens (including phenoxy) is 1. The maximum Gasteiger partial charge on any atom is 0.242 e.